The van der Waals surface area contributed by atoms with E-state index in [0.717, 1.165) is 18.0 Å². The first kappa shape index (κ1) is 13.8. The van der Waals surface area contributed by atoms with Crippen molar-refractivity contribution in [2.24, 2.45) is 11.3 Å². The first-order valence-electron chi connectivity index (χ1n) is 8.14. The molecule has 3 rings (SSSR count). The molecule has 110 valence electrons. The van der Waals surface area contributed by atoms with Gasteiger partial charge >= 0.3 is 0 Å². The topological polar surface area (TPSA) is 9.72 Å². The molecule has 0 radical (unpaired) electrons. The molecule has 0 amide bonds. The third-order valence-electron chi connectivity index (χ3n) is 5.39. The van der Waals surface area contributed by atoms with Crippen molar-refractivity contribution in [2.75, 3.05) is 46.3 Å². The lowest BCUT2D eigenvalue weighted by molar-refractivity contribution is -0.130. The van der Waals surface area contributed by atoms with Crippen LogP contribution in [0.4, 0.5) is 0 Å². The maximum atomic E-state index is 2.77. The fourth-order valence-corrected chi connectivity index (χ4v) is 4.64. The summed E-state index contributed by atoms with van der Waals surface area (Å²) >= 11 is 0. The average Bonchev–Trinajstić information content (AvgIpc) is 2.24. The molecule has 3 heteroatoms. The molecule has 2 atom stereocenters. The van der Waals surface area contributed by atoms with Crippen LogP contribution >= 0.6 is 0 Å². The second-order valence-corrected chi connectivity index (χ2v) is 7.99. The highest BCUT2D eigenvalue weighted by Crippen LogP contribution is 2.41. The summed E-state index contributed by atoms with van der Waals surface area (Å²) in [6.07, 6.45) is 2.78. The quantitative estimate of drug-likeness (QED) is 0.770. The minimum absolute atomic E-state index is 0.701. The molecule has 0 aromatic carbocycles. The van der Waals surface area contributed by atoms with Crippen LogP contribution in [0.15, 0.2) is 0 Å². The number of nitrogens with zero attached hydrogens (tertiary/aromatic N) is 3. The monoisotopic (exact) mass is 265 g/mol. The molecule has 3 aliphatic rings. The summed E-state index contributed by atoms with van der Waals surface area (Å²) in [6.45, 7) is 15.1. The van der Waals surface area contributed by atoms with Crippen LogP contribution in [0, 0.1) is 11.3 Å². The molecule has 3 heterocycles. The smallest absolute Gasteiger partial charge is 0.0212 e. The van der Waals surface area contributed by atoms with Gasteiger partial charge in [-0.15, -0.1) is 0 Å². The molecule has 1 spiro atoms. The average molecular weight is 265 g/mol. The Morgan fingerprint density at radius 1 is 1.16 bits per heavy atom. The van der Waals surface area contributed by atoms with Crippen LogP contribution in [0.2, 0.25) is 0 Å². The molecule has 3 nitrogen and oxygen atoms in total. The van der Waals surface area contributed by atoms with Gasteiger partial charge < -0.3 is 9.80 Å². The fraction of sp³-hybridized carbons (Fsp3) is 1.00. The molecular weight excluding hydrogens is 234 g/mol. The van der Waals surface area contributed by atoms with Gasteiger partial charge in [0, 0.05) is 50.2 Å². The summed E-state index contributed by atoms with van der Waals surface area (Å²) in [6, 6.07) is 1.65. The Hall–Kier alpha value is -0.120. The lowest BCUT2D eigenvalue weighted by Gasteiger charge is -2.62. The highest BCUT2D eigenvalue weighted by Gasteiger charge is 2.52. The van der Waals surface area contributed by atoms with Gasteiger partial charge in [0.05, 0.1) is 0 Å². The predicted octanol–water partition coefficient (Wildman–Crippen LogP) is 1.74. The maximum absolute atomic E-state index is 2.77. The molecule has 3 saturated heterocycles. The van der Waals surface area contributed by atoms with Gasteiger partial charge in [0.15, 0.2) is 0 Å². The molecule has 0 aromatic heterocycles. The second kappa shape index (κ2) is 5.01. The van der Waals surface area contributed by atoms with E-state index in [1.165, 1.54) is 52.1 Å². The van der Waals surface area contributed by atoms with Gasteiger partial charge in [-0.2, -0.15) is 0 Å². The van der Waals surface area contributed by atoms with Gasteiger partial charge in [-0.1, -0.05) is 13.8 Å². The van der Waals surface area contributed by atoms with Gasteiger partial charge in [0.1, 0.15) is 0 Å². The number of piperidine rings is 1. The van der Waals surface area contributed by atoms with Crippen molar-refractivity contribution >= 4 is 0 Å². The second-order valence-electron chi connectivity index (χ2n) is 7.99. The zero-order chi connectivity index (χ0) is 13.6. The molecule has 3 aliphatic heterocycles. The Morgan fingerprint density at radius 3 is 2.37 bits per heavy atom. The van der Waals surface area contributed by atoms with Gasteiger partial charge in [-0.05, 0) is 39.3 Å². The summed E-state index contributed by atoms with van der Waals surface area (Å²) < 4.78 is 0. The number of hydrogen-bond acceptors (Lipinski definition) is 3. The lowest BCUT2D eigenvalue weighted by Crippen LogP contribution is -2.73. The SMILES string of the molecule is CC(C)CN1CCC(N2CC3(CN(C)C3)C2)CC1C. The Bertz CT molecular complexity index is 314. The third kappa shape index (κ3) is 2.70. The molecule has 0 aliphatic carbocycles. The van der Waals surface area contributed by atoms with Crippen LogP contribution in [-0.2, 0) is 0 Å². The number of likely N-dealkylation sites (tertiary alicyclic amines) is 3. The first-order chi connectivity index (χ1) is 8.97. The molecule has 3 fully saturated rings. The van der Waals surface area contributed by atoms with E-state index in [9.17, 15) is 0 Å². The van der Waals surface area contributed by atoms with Crippen LogP contribution < -0.4 is 0 Å². The van der Waals surface area contributed by atoms with Crippen molar-refractivity contribution in [3.05, 3.63) is 0 Å². The zero-order valence-corrected chi connectivity index (χ0v) is 13.2. The largest absolute Gasteiger partial charge is 0.305 e. The van der Waals surface area contributed by atoms with Gasteiger partial charge in [0.25, 0.3) is 0 Å². The van der Waals surface area contributed by atoms with E-state index in [1.54, 1.807) is 0 Å². The molecular formula is C16H31N3. The van der Waals surface area contributed by atoms with Crippen molar-refractivity contribution in [3.8, 4) is 0 Å². The van der Waals surface area contributed by atoms with Crippen molar-refractivity contribution in [2.45, 2.75) is 45.7 Å². The normalized spacial score (nSPS) is 36.5. The summed E-state index contributed by atoms with van der Waals surface area (Å²) in [4.78, 5) is 7.94. The predicted molar refractivity (Wildman–Crippen MR) is 80.4 cm³/mol. The molecule has 19 heavy (non-hydrogen) atoms. The fourth-order valence-electron chi connectivity index (χ4n) is 4.64. The Balaban J connectivity index is 1.45. The van der Waals surface area contributed by atoms with E-state index < -0.39 is 0 Å². The van der Waals surface area contributed by atoms with Crippen molar-refractivity contribution in [3.63, 3.8) is 0 Å². The highest BCUT2D eigenvalue weighted by atomic mass is 15.3. The number of hydrogen-bond donors (Lipinski definition) is 0. The van der Waals surface area contributed by atoms with E-state index in [1.807, 2.05) is 0 Å². The minimum Gasteiger partial charge on any atom is -0.305 e. The standard InChI is InChI=1S/C16H31N3/c1-13(2)8-18-6-5-15(7-14(18)3)19-11-16(12-19)9-17(4)10-16/h13-15H,5-12H2,1-4H3. The van der Waals surface area contributed by atoms with Crippen molar-refractivity contribution in [1.29, 1.82) is 0 Å². The number of rotatable bonds is 3. The molecule has 0 N–H and O–H groups in total. The summed E-state index contributed by atoms with van der Waals surface area (Å²) in [5.41, 5.74) is 0.701. The van der Waals surface area contributed by atoms with E-state index in [2.05, 4.69) is 42.5 Å². The molecule has 0 aromatic rings. The van der Waals surface area contributed by atoms with Crippen molar-refractivity contribution < 1.29 is 0 Å². The molecule has 0 bridgehead atoms. The Kier molecular flexibility index (Phi) is 3.65. The van der Waals surface area contributed by atoms with E-state index in [-0.39, 0.29) is 0 Å². The van der Waals surface area contributed by atoms with Crippen molar-refractivity contribution in [1.82, 2.24) is 14.7 Å². The van der Waals surface area contributed by atoms with E-state index >= 15 is 0 Å². The van der Waals surface area contributed by atoms with Crippen LogP contribution in [0.3, 0.4) is 0 Å². The van der Waals surface area contributed by atoms with Crippen LogP contribution in [0.1, 0.15) is 33.6 Å². The Morgan fingerprint density at radius 2 is 1.84 bits per heavy atom. The zero-order valence-electron chi connectivity index (χ0n) is 13.2. The maximum Gasteiger partial charge on any atom is 0.0212 e. The van der Waals surface area contributed by atoms with E-state index in [4.69, 9.17) is 0 Å². The molecule has 0 saturated carbocycles. The highest BCUT2D eigenvalue weighted by molar-refractivity contribution is 5.06. The van der Waals surface area contributed by atoms with Gasteiger partial charge in [-0.25, -0.2) is 0 Å². The Labute approximate surface area is 118 Å². The van der Waals surface area contributed by atoms with Crippen LogP contribution in [0.25, 0.3) is 0 Å². The van der Waals surface area contributed by atoms with Gasteiger partial charge in [-0.3, -0.25) is 4.90 Å². The first-order valence-corrected chi connectivity index (χ1v) is 8.14. The van der Waals surface area contributed by atoms with Gasteiger partial charge in [0.2, 0.25) is 0 Å². The molecule has 2 unspecified atom stereocenters. The van der Waals surface area contributed by atoms with Crippen LogP contribution in [0.5, 0.6) is 0 Å². The minimum atomic E-state index is 0.701. The van der Waals surface area contributed by atoms with E-state index in [0.29, 0.717) is 5.41 Å². The third-order valence-corrected chi connectivity index (χ3v) is 5.39. The summed E-state index contributed by atoms with van der Waals surface area (Å²) in [7, 11) is 2.25. The summed E-state index contributed by atoms with van der Waals surface area (Å²) in [5.74, 6) is 0.803. The summed E-state index contributed by atoms with van der Waals surface area (Å²) in [5, 5.41) is 0. The lowest BCUT2D eigenvalue weighted by atomic mass is 9.71. The van der Waals surface area contributed by atoms with Crippen LogP contribution in [-0.4, -0.2) is 73.1 Å².